The van der Waals surface area contributed by atoms with Gasteiger partial charge in [-0.3, -0.25) is 9.36 Å². The van der Waals surface area contributed by atoms with Crippen molar-refractivity contribution in [2.75, 3.05) is 0 Å². The lowest BCUT2D eigenvalue weighted by Gasteiger charge is -2.19. The first-order chi connectivity index (χ1) is 11.8. The molecule has 1 aromatic carbocycles. The van der Waals surface area contributed by atoms with Crippen LogP contribution >= 0.6 is 0 Å². The van der Waals surface area contributed by atoms with Gasteiger partial charge in [-0.15, -0.1) is 0 Å². The van der Waals surface area contributed by atoms with Crippen LogP contribution < -0.4 is 5.56 Å². The lowest BCUT2D eigenvalue weighted by Crippen LogP contribution is -2.36. The Labute approximate surface area is 138 Å². The fourth-order valence-electron chi connectivity index (χ4n) is 1.91. The van der Waals surface area contributed by atoms with Gasteiger partial charge in [0.15, 0.2) is 0 Å². The van der Waals surface area contributed by atoms with Gasteiger partial charge in [0.2, 0.25) is 0 Å². The molecule has 2 aromatic rings. The lowest BCUT2D eigenvalue weighted by molar-refractivity contribution is -0.291. The zero-order valence-electron chi connectivity index (χ0n) is 12.2. The zero-order valence-corrected chi connectivity index (χ0v) is 12.2. The summed E-state index contributed by atoms with van der Waals surface area (Å²) in [6.45, 7) is 0. The van der Waals surface area contributed by atoms with Crippen molar-refractivity contribution in [3.05, 3.63) is 57.8 Å². The maximum Gasteiger partial charge on any atom is 0.459 e. The number of benzene rings is 1. The Bertz CT molecular complexity index is 937. The van der Waals surface area contributed by atoms with Gasteiger partial charge < -0.3 is 0 Å². The lowest BCUT2D eigenvalue weighted by atomic mass is 10.1. The van der Waals surface area contributed by atoms with Gasteiger partial charge in [-0.05, 0) is 18.2 Å². The van der Waals surface area contributed by atoms with Gasteiger partial charge in [-0.25, -0.2) is 4.98 Å². The van der Waals surface area contributed by atoms with E-state index in [1.54, 1.807) is 0 Å². The molecule has 1 aromatic heterocycles. The van der Waals surface area contributed by atoms with Crippen molar-refractivity contribution >= 4 is 0 Å². The maximum absolute atomic E-state index is 13.2. The number of nitriles is 1. The van der Waals surface area contributed by atoms with Crippen LogP contribution in [0.15, 0.2) is 35.4 Å². The van der Waals surface area contributed by atoms with E-state index < -0.39 is 46.3 Å². The van der Waals surface area contributed by atoms with E-state index in [1.807, 2.05) is 0 Å². The molecule has 0 fully saturated rings. The second kappa shape index (κ2) is 6.08. The van der Waals surface area contributed by atoms with E-state index in [4.69, 9.17) is 5.26 Å². The molecule has 0 radical (unpaired) electrons. The molecule has 0 saturated heterocycles. The Kier molecular flexibility index (Phi) is 4.53. The minimum Gasteiger partial charge on any atom is -0.269 e. The van der Waals surface area contributed by atoms with E-state index in [-0.39, 0.29) is 12.4 Å². The highest BCUT2D eigenvalue weighted by Gasteiger charge is 2.60. The quantitative estimate of drug-likeness (QED) is 0.742. The largest absolute Gasteiger partial charge is 0.459 e. The molecule has 2 rings (SSSR count). The normalized spacial score (nSPS) is 12.7. The van der Waals surface area contributed by atoms with Crippen LogP contribution in [0.5, 0.6) is 0 Å². The first-order valence-electron chi connectivity index (χ1n) is 6.44. The fraction of sp³-hybridized carbons (Fsp3) is 0.214. The number of aromatic nitrogens is 2. The first-order valence-corrected chi connectivity index (χ1v) is 6.44. The number of hydrogen-bond acceptors (Lipinski definition) is 3. The van der Waals surface area contributed by atoms with Crippen molar-refractivity contribution in [2.24, 2.45) is 0 Å². The molecule has 0 saturated carbocycles. The third kappa shape index (κ3) is 3.37. The summed E-state index contributed by atoms with van der Waals surface area (Å²) in [5, 5.41) is 8.93. The van der Waals surface area contributed by atoms with Crippen LogP contribution in [0.3, 0.4) is 0 Å². The monoisotopic (exact) mass is 383 g/mol. The van der Waals surface area contributed by atoms with Crippen molar-refractivity contribution in [1.29, 1.82) is 5.26 Å². The predicted molar refractivity (Wildman–Crippen MR) is 69.5 cm³/mol. The number of hydrogen-bond donors (Lipinski definition) is 0. The topological polar surface area (TPSA) is 58.7 Å². The van der Waals surface area contributed by atoms with Gasteiger partial charge in [0.1, 0.15) is 18.1 Å². The Morgan fingerprint density at radius 1 is 1.00 bits per heavy atom. The van der Waals surface area contributed by atoms with Crippen molar-refractivity contribution in [3.8, 4) is 11.8 Å². The second-order valence-corrected chi connectivity index (χ2v) is 4.90. The molecule has 0 bridgehead atoms. The number of halogens is 8. The average molecular weight is 383 g/mol. The van der Waals surface area contributed by atoms with Gasteiger partial charge in [-0.1, -0.05) is 0 Å². The van der Waals surface area contributed by atoms with E-state index >= 15 is 0 Å². The molecule has 0 aliphatic heterocycles. The Hall–Kier alpha value is -2.97. The number of rotatable bonds is 2. The SMILES string of the molecule is N#Cc1cc(C(F)(F)F)ccc1-n1cnc(C(F)(F)C(F)(F)F)cc1=O. The molecule has 4 nitrogen and oxygen atoms in total. The minimum atomic E-state index is -6.00. The van der Waals surface area contributed by atoms with Crippen LogP contribution in [0.2, 0.25) is 0 Å². The standard InChI is InChI=1S/C14H5F8N3O/c15-12(16,14(20,21)22)10-4-11(26)25(6-24-10)9-2-1-8(13(17,18)19)3-7(9)5-23/h1-4,6H. The van der Waals surface area contributed by atoms with Crippen LogP contribution in [-0.2, 0) is 12.1 Å². The molecule has 12 heteroatoms. The first kappa shape index (κ1) is 19.4. The summed E-state index contributed by atoms with van der Waals surface area (Å²) in [6.07, 6.45) is -10.5. The molecule has 1 heterocycles. The van der Waals surface area contributed by atoms with E-state index in [0.717, 1.165) is 0 Å². The Morgan fingerprint density at radius 2 is 1.62 bits per heavy atom. The Morgan fingerprint density at radius 3 is 2.08 bits per heavy atom. The third-order valence-corrected chi connectivity index (χ3v) is 3.19. The summed E-state index contributed by atoms with van der Waals surface area (Å²) in [5.74, 6) is -5.40. The van der Waals surface area contributed by atoms with Crippen LogP contribution in [0.1, 0.15) is 16.8 Å². The van der Waals surface area contributed by atoms with E-state index in [1.165, 1.54) is 6.07 Å². The van der Waals surface area contributed by atoms with E-state index in [9.17, 15) is 39.9 Å². The molecule has 138 valence electrons. The highest BCUT2D eigenvalue weighted by atomic mass is 19.4. The van der Waals surface area contributed by atoms with Crippen molar-refractivity contribution in [1.82, 2.24) is 9.55 Å². The summed E-state index contributed by atoms with van der Waals surface area (Å²) < 4.78 is 102. The molecule has 0 spiro atoms. The summed E-state index contributed by atoms with van der Waals surface area (Å²) in [6, 6.07) is 2.90. The molecule has 0 amide bonds. The molecule has 0 unspecified atom stereocenters. The molecule has 0 aliphatic rings. The fourth-order valence-corrected chi connectivity index (χ4v) is 1.91. The van der Waals surface area contributed by atoms with Gasteiger partial charge >= 0.3 is 18.3 Å². The molecule has 0 atom stereocenters. The summed E-state index contributed by atoms with van der Waals surface area (Å²) >= 11 is 0. The molecule has 0 aliphatic carbocycles. The van der Waals surface area contributed by atoms with Gasteiger partial charge in [0.25, 0.3) is 5.56 Å². The third-order valence-electron chi connectivity index (χ3n) is 3.19. The van der Waals surface area contributed by atoms with Gasteiger partial charge in [0.05, 0.1) is 16.8 Å². The predicted octanol–water partition coefficient (Wildman–Crippen LogP) is 3.78. The molecule has 0 N–H and O–H groups in total. The molecule has 26 heavy (non-hydrogen) atoms. The van der Waals surface area contributed by atoms with Crippen LogP contribution in [0.25, 0.3) is 5.69 Å². The molecular formula is C14H5F8N3O. The summed E-state index contributed by atoms with van der Waals surface area (Å²) in [7, 11) is 0. The van der Waals surface area contributed by atoms with Crippen molar-refractivity contribution < 1.29 is 35.1 Å². The van der Waals surface area contributed by atoms with Crippen molar-refractivity contribution in [3.63, 3.8) is 0 Å². The van der Waals surface area contributed by atoms with Gasteiger partial charge in [-0.2, -0.15) is 40.4 Å². The summed E-state index contributed by atoms with van der Waals surface area (Å²) in [4.78, 5) is 14.7. The Balaban J connectivity index is 2.59. The minimum absolute atomic E-state index is 0.105. The highest BCUT2D eigenvalue weighted by Crippen LogP contribution is 2.42. The van der Waals surface area contributed by atoms with Crippen LogP contribution in [0.4, 0.5) is 35.1 Å². The maximum atomic E-state index is 13.2. The van der Waals surface area contributed by atoms with Crippen LogP contribution in [-0.4, -0.2) is 15.7 Å². The molecular weight excluding hydrogens is 378 g/mol. The van der Waals surface area contributed by atoms with Gasteiger partial charge in [0, 0.05) is 6.07 Å². The van der Waals surface area contributed by atoms with E-state index in [2.05, 4.69) is 4.98 Å². The zero-order chi connectivity index (χ0) is 19.9. The number of alkyl halides is 8. The van der Waals surface area contributed by atoms with Crippen molar-refractivity contribution in [2.45, 2.75) is 18.3 Å². The second-order valence-electron chi connectivity index (χ2n) is 4.90. The highest BCUT2D eigenvalue weighted by molar-refractivity contribution is 5.51. The average Bonchev–Trinajstić information content (AvgIpc) is 2.52. The van der Waals surface area contributed by atoms with E-state index in [0.29, 0.717) is 22.8 Å². The number of nitrogens with zero attached hydrogens (tertiary/aromatic N) is 3. The smallest absolute Gasteiger partial charge is 0.269 e. The summed E-state index contributed by atoms with van der Waals surface area (Å²) in [5.41, 5.74) is -5.63. The van der Waals surface area contributed by atoms with Crippen LogP contribution in [0, 0.1) is 11.3 Å².